The first-order chi connectivity index (χ1) is 13.6. The number of hydrogen-bond acceptors (Lipinski definition) is 3. The SMILES string of the molecule is CC(=O)NCC1CCC(C(NC(=O)CC2CCCCC2)c2ccccn2)CC1. The number of nitrogens with zero attached hydrogens (tertiary/aromatic N) is 1. The molecular formula is C23H35N3O2. The topological polar surface area (TPSA) is 71.1 Å². The number of amides is 2. The summed E-state index contributed by atoms with van der Waals surface area (Å²) < 4.78 is 0. The van der Waals surface area contributed by atoms with Crippen molar-refractivity contribution >= 4 is 11.8 Å². The first kappa shape index (κ1) is 20.8. The molecule has 0 bridgehead atoms. The first-order valence-corrected chi connectivity index (χ1v) is 11.1. The maximum absolute atomic E-state index is 12.8. The molecule has 154 valence electrons. The molecule has 0 saturated heterocycles. The molecule has 0 spiro atoms. The van der Waals surface area contributed by atoms with Crippen molar-refractivity contribution in [2.45, 2.75) is 77.2 Å². The van der Waals surface area contributed by atoms with Crippen LogP contribution in [0.3, 0.4) is 0 Å². The third-order valence-corrected chi connectivity index (χ3v) is 6.52. The van der Waals surface area contributed by atoms with Gasteiger partial charge in [0.15, 0.2) is 0 Å². The standard InChI is InChI=1S/C23H35N3O2/c1-17(27)25-16-19-10-12-20(13-11-19)23(21-9-5-6-14-24-21)26-22(28)15-18-7-3-2-4-8-18/h5-6,9,14,18-20,23H,2-4,7-8,10-13,15-16H2,1H3,(H,25,27)(H,26,28). The third kappa shape index (κ3) is 6.32. The smallest absolute Gasteiger partial charge is 0.220 e. The number of hydrogen-bond donors (Lipinski definition) is 2. The molecule has 2 aliphatic rings. The molecule has 1 unspecified atom stereocenters. The predicted octanol–water partition coefficient (Wildman–Crippen LogP) is 4.15. The Morgan fingerprint density at radius 1 is 1.04 bits per heavy atom. The highest BCUT2D eigenvalue weighted by atomic mass is 16.2. The number of carbonyl (C=O) groups is 2. The van der Waals surface area contributed by atoms with Gasteiger partial charge in [-0.25, -0.2) is 0 Å². The zero-order chi connectivity index (χ0) is 19.8. The highest BCUT2D eigenvalue weighted by molar-refractivity contribution is 5.76. The van der Waals surface area contributed by atoms with Crippen molar-refractivity contribution in [3.05, 3.63) is 30.1 Å². The molecule has 3 rings (SSSR count). The Morgan fingerprint density at radius 2 is 1.79 bits per heavy atom. The van der Waals surface area contributed by atoms with Crippen LogP contribution in [0.5, 0.6) is 0 Å². The van der Waals surface area contributed by atoms with E-state index < -0.39 is 0 Å². The van der Waals surface area contributed by atoms with Gasteiger partial charge in [-0.3, -0.25) is 14.6 Å². The van der Waals surface area contributed by atoms with Crippen LogP contribution in [-0.2, 0) is 9.59 Å². The van der Waals surface area contributed by atoms with Crippen molar-refractivity contribution in [2.24, 2.45) is 17.8 Å². The van der Waals surface area contributed by atoms with E-state index in [0.29, 0.717) is 24.2 Å². The van der Waals surface area contributed by atoms with Gasteiger partial charge in [-0.1, -0.05) is 25.3 Å². The second-order valence-electron chi connectivity index (χ2n) is 8.73. The molecule has 2 amide bonds. The fourth-order valence-corrected chi connectivity index (χ4v) is 4.89. The average molecular weight is 386 g/mol. The van der Waals surface area contributed by atoms with Gasteiger partial charge in [-0.2, -0.15) is 0 Å². The second kappa shape index (κ2) is 10.6. The molecule has 5 nitrogen and oxygen atoms in total. The van der Waals surface area contributed by atoms with E-state index in [1.54, 1.807) is 6.92 Å². The van der Waals surface area contributed by atoms with E-state index >= 15 is 0 Å². The van der Waals surface area contributed by atoms with Gasteiger partial charge in [0.25, 0.3) is 0 Å². The Bertz CT molecular complexity index is 620. The Hall–Kier alpha value is -1.91. The molecule has 28 heavy (non-hydrogen) atoms. The van der Waals surface area contributed by atoms with Gasteiger partial charge < -0.3 is 10.6 Å². The van der Waals surface area contributed by atoms with Crippen molar-refractivity contribution < 1.29 is 9.59 Å². The summed E-state index contributed by atoms with van der Waals surface area (Å²) >= 11 is 0. The normalized spacial score (nSPS) is 24.3. The van der Waals surface area contributed by atoms with Crippen molar-refractivity contribution in [2.75, 3.05) is 6.54 Å². The van der Waals surface area contributed by atoms with Gasteiger partial charge >= 0.3 is 0 Å². The van der Waals surface area contributed by atoms with Gasteiger partial charge in [-0.15, -0.1) is 0 Å². The predicted molar refractivity (Wildman–Crippen MR) is 110 cm³/mol. The molecular weight excluding hydrogens is 350 g/mol. The lowest BCUT2D eigenvalue weighted by atomic mass is 9.77. The van der Waals surface area contributed by atoms with Crippen LogP contribution in [0.25, 0.3) is 0 Å². The minimum atomic E-state index is -0.000920. The summed E-state index contributed by atoms with van der Waals surface area (Å²) in [5.74, 6) is 1.74. The number of carbonyl (C=O) groups excluding carboxylic acids is 2. The highest BCUT2D eigenvalue weighted by Crippen LogP contribution is 2.36. The summed E-state index contributed by atoms with van der Waals surface area (Å²) in [7, 11) is 0. The van der Waals surface area contributed by atoms with Crippen LogP contribution in [0.4, 0.5) is 0 Å². The molecule has 1 atom stereocenters. The van der Waals surface area contributed by atoms with E-state index in [2.05, 4.69) is 15.6 Å². The monoisotopic (exact) mass is 385 g/mol. The van der Waals surface area contributed by atoms with E-state index in [-0.39, 0.29) is 17.9 Å². The summed E-state index contributed by atoms with van der Waals surface area (Å²) in [4.78, 5) is 28.5. The molecule has 2 saturated carbocycles. The van der Waals surface area contributed by atoms with Gasteiger partial charge in [0.05, 0.1) is 11.7 Å². The molecule has 0 aromatic carbocycles. The lowest BCUT2D eigenvalue weighted by molar-refractivity contribution is -0.123. The Kier molecular flexibility index (Phi) is 7.87. The molecule has 2 aliphatic carbocycles. The third-order valence-electron chi connectivity index (χ3n) is 6.52. The molecule has 1 heterocycles. The fraction of sp³-hybridized carbons (Fsp3) is 0.696. The minimum Gasteiger partial charge on any atom is -0.356 e. The zero-order valence-corrected chi connectivity index (χ0v) is 17.2. The fourth-order valence-electron chi connectivity index (χ4n) is 4.89. The molecule has 1 aromatic rings. The average Bonchev–Trinajstić information content (AvgIpc) is 2.72. The van der Waals surface area contributed by atoms with Gasteiger partial charge in [0, 0.05) is 26.1 Å². The molecule has 2 fully saturated rings. The number of rotatable bonds is 7. The molecule has 5 heteroatoms. The maximum Gasteiger partial charge on any atom is 0.220 e. The van der Waals surface area contributed by atoms with E-state index in [0.717, 1.165) is 37.9 Å². The minimum absolute atomic E-state index is 0.000920. The second-order valence-corrected chi connectivity index (χ2v) is 8.73. The van der Waals surface area contributed by atoms with E-state index in [1.807, 2.05) is 24.4 Å². The molecule has 1 aromatic heterocycles. The number of nitrogens with one attached hydrogen (secondary N) is 2. The maximum atomic E-state index is 12.8. The van der Waals surface area contributed by atoms with Crippen LogP contribution in [0.15, 0.2) is 24.4 Å². The Labute approximate surface area is 169 Å². The van der Waals surface area contributed by atoms with Crippen molar-refractivity contribution in [3.8, 4) is 0 Å². The van der Waals surface area contributed by atoms with Crippen molar-refractivity contribution in [1.82, 2.24) is 15.6 Å². The molecule has 2 N–H and O–H groups in total. The van der Waals surface area contributed by atoms with E-state index in [1.165, 1.54) is 32.1 Å². The first-order valence-electron chi connectivity index (χ1n) is 11.1. The zero-order valence-electron chi connectivity index (χ0n) is 17.2. The summed E-state index contributed by atoms with van der Waals surface area (Å²) in [5.41, 5.74) is 0.977. The van der Waals surface area contributed by atoms with E-state index in [9.17, 15) is 9.59 Å². The van der Waals surface area contributed by atoms with E-state index in [4.69, 9.17) is 0 Å². The van der Waals surface area contributed by atoms with Crippen molar-refractivity contribution in [1.29, 1.82) is 0 Å². The lowest BCUT2D eigenvalue weighted by Crippen LogP contribution is -2.37. The van der Waals surface area contributed by atoms with Gasteiger partial charge in [0.2, 0.25) is 11.8 Å². The van der Waals surface area contributed by atoms with Gasteiger partial charge in [0.1, 0.15) is 0 Å². The van der Waals surface area contributed by atoms with Crippen LogP contribution < -0.4 is 10.6 Å². The Balaban J connectivity index is 1.58. The van der Waals surface area contributed by atoms with Gasteiger partial charge in [-0.05, 0) is 68.4 Å². The van der Waals surface area contributed by atoms with Crippen LogP contribution in [0.2, 0.25) is 0 Å². The lowest BCUT2D eigenvalue weighted by Gasteiger charge is -2.34. The van der Waals surface area contributed by atoms with Crippen LogP contribution in [0.1, 0.15) is 82.9 Å². The highest BCUT2D eigenvalue weighted by Gasteiger charge is 2.31. The van der Waals surface area contributed by atoms with Crippen LogP contribution >= 0.6 is 0 Å². The summed E-state index contributed by atoms with van der Waals surface area (Å²) in [5, 5.41) is 6.29. The van der Waals surface area contributed by atoms with Crippen molar-refractivity contribution in [3.63, 3.8) is 0 Å². The Morgan fingerprint density at radius 3 is 2.43 bits per heavy atom. The van der Waals surface area contributed by atoms with Crippen LogP contribution in [-0.4, -0.2) is 23.3 Å². The van der Waals surface area contributed by atoms with Crippen LogP contribution in [0, 0.1) is 17.8 Å². The summed E-state index contributed by atoms with van der Waals surface area (Å²) in [6, 6.07) is 5.97. The molecule has 0 aliphatic heterocycles. The number of pyridine rings is 1. The largest absolute Gasteiger partial charge is 0.356 e. The number of aromatic nitrogens is 1. The summed E-state index contributed by atoms with van der Waals surface area (Å²) in [6.07, 6.45) is 13.0. The summed E-state index contributed by atoms with van der Waals surface area (Å²) in [6.45, 7) is 2.34. The quantitative estimate of drug-likeness (QED) is 0.741. The molecule has 0 radical (unpaired) electrons.